The average molecular weight is 250 g/mol. The molecule has 1 nitrogen and oxygen atoms in total. The second-order valence-corrected chi connectivity index (χ2v) is 8.20. The third-order valence-corrected chi connectivity index (χ3v) is 4.52. The molecular weight excluding hydrogens is 235 g/mol. The zero-order valence-electron chi connectivity index (χ0n) is 8.92. The third-order valence-electron chi connectivity index (χ3n) is 1.99. The van der Waals surface area contributed by atoms with E-state index in [0.29, 0.717) is 6.61 Å². The minimum absolute atomic E-state index is 0.201. The monoisotopic (exact) mass is 250 g/mol. The average Bonchev–Trinajstić information content (AvgIpc) is 1.99. The Kier molecular flexibility index (Phi) is 4.72. The molecule has 0 saturated heterocycles. The van der Waals surface area contributed by atoms with Gasteiger partial charge >= 0.3 is 12.1 Å². The van der Waals surface area contributed by atoms with Gasteiger partial charge in [-0.2, -0.15) is 22.0 Å². The molecule has 15 heavy (non-hydrogen) atoms. The lowest BCUT2D eigenvalue weighted by atomic mass is 10.2. The fourth-order valence-corrected chi connectivity index (χ4v) is 2.90. The van der Waals surface area contributed by atoms with Crippen molar-refractivity contribution in [3.63, 3.8) is 0 Å². The summed E-state index contributed by atoms with van der Waals surface area (Å²) in [4.78, 5) is 0. The predicted octanol–water partition coefficient (Wildman–Crippen LogP) is 3.82. The Bertz CT molecular complexity index is 202. The first-order chi connectivity index (χ1) is 6.52. The van der Waals surface area contributed by atoms with Gasteiger partial charge in [-0.3, -0.25) is 0 Å². The molecule has 0 spiro atoms. The van der Waals surface area contributed by atoms with Gasteiger partial charge in [0.2, 0.25) is 0 Å². The highest BCUT2D eigenvalue weighted by atomic mass is 28.4. The molecule has 92 valence electrons. The molecule has 0 aromatic carbocycles. The second kappa shape index (κ2) is 4.78. The number of hydrogen-bond acceptors (Lipinski definition) is 1. The molecule has 0 fully saturated rings. The van der Waals surface area contributed by atoms with Gasteiger partial charge in [-0.1, -0.05) is 0 Å². The number of rotatable bonds is 5. The molecule has 0 amide bonds. The van der Waals surface area contributed by atoms with Crippen LogP contribution in [0.3, 0.4) is 0 Å². The van der Waals surface area contributed by atoms with Crippen molar-refractivity contribution in [2.75, 3.05) is 6.61 Å². The van der Waals surface area contributed by atoms with Crippen molar-refractivity contribution in [2.24, 2.45) is 0 Å². The zero-order valence-corrected chi connectivity index (χ0v) is 9.92. The lowest BCUT2D eigenvalue weighted by molar-refractivity contribution is -0.282. The molecule has 0 N–H and O–H groups in total. The Morgan fingerprint density at radius 3 is 1.87 bits per heavy atom. The highest BCUT2D eigenvalue weighted by Gasteiger charge is 2.57. The van der Waals surface area contributed by atoms with Crippen LogP contribution in [0.5, 0.6) is 0 Å². The molecule has 0 aliphatic heterocycles. The molecule has 0 saturated carbocycles. The first-order valence-corrected chi connectivity index (χ1v) is 7.72. The molecular formula is C8H15F5OSi. The summed E-state index contributed by atoms with van der Waals surface area (Å²) in [5.74, 6) is -4.60. The maximum absolute atomic E-state index is 12.5. The summed E-state index contributed by atoms with van der Waals surface area (Å²) in [6, 6.07) is -0.201. The van der Waals surface area contributed by atoms with Crippen molar-refractivity contribution in [1.29, 1.82) is 0 Å². The van der Waals surface area contributed by atoms with Crippen molar-refractivity contribution in [1.82, 2.24) is 0 Å². The number of halogens is 5. The summed E-state index contributed by atoms with van der Waals surface area (Å²) in [7, 11) is -2.37. The van der Waals surface area contributed by atoms with Gasteiger partial charge in [-0.25, -0.2) is 0 Å². The first-order valence-electron chi connectivity index (χ1n) is 4.60. The number of alkyl halides is 5. The zero-order chi connectivity index (χ0) is 12.3. The van der Waals surface area contributed by atoms with Crippen LogP contribution in [0.2, 0.25) is 19.1 Å². The van der Waals surface area contributed by atoms with Gasteiger partial charge in [0.25, 0.3) is 0 Å². The molecule has 0 aliphatic carbocycles. The van der Waals surface area contributed by atoms with Crippen LogP contribution in [0.4, 0.5) is 22.0 Å². The molecule has 0 aromatic heterocycles. The van der Waals surface area contributed by atoms with Crippen LogP contribution in [0.25, 0.3) is 0 Å². The van der Waals surface area contributed by atoms with Gasteiger partial charge < -0.3 is 4.43 Å². The van der Waals surface area contributed by atoms with Gasteiger partial charge in [0.1, 0.15) is 0 Å². The summed E-state index contributed by atoms with van der Waals surface area (Å²) < 4.78 is 65.7. The summed E-state index contributed by atoms with van der Waals surface area (Å²) in [6.45, 7) is 5.29. The van der Waals surface area contributed by atoms with Crippen molar-refractivity contribution >= 4 is 8.32 Å². The molecule has 0 radical (unpaired) electrons. The van der Waals surface area contributed by atoms with Crippen LogP contribution in [0.1, 0.15) is 13.3 Å². The van der Waals surface area contributed by atoms with Crippen LogP contribution >= 0.6 is 0 Å². The Morgan fingerprint density at radius 2 is 1.53 bits per heavy atom. The molecule has 0 aliphatic rings. The number of hydrogen-bond donors (Lipinski definition) is 0. The predicted molar refractivity (Wildman–Crippen MR) is 49.5 cm³/mol. The van der Waals surface area contributed by atoms with Gasteiger partial charge in [0.15, 0.2) is 8.32 Å². The normalized spacial score (nSPS) is 14.4. The summed E-state index contributed by atoms with van der Waals surface area (Å²) in [5.41, 5.74) is 0. The fourth-order valence-electron chi connectivity index (χ4n) is 1.06. The van der Waals surface area contributed by atoms with Crippen molar-refractivity contribution < 1.29 is 26.4 Å². The van der Waals surface area contributed by atoms with E-state index in [1.165, 1.54) is 0 Å². The van der Waals surface area contributed by atoms with Crippen molar-refractivity contribution in [3.8, 4) is 0 Å². The van der Waals surface area contributed by atoms with E-state index in [-0.39, 0.29) is 6.04 Å². The van der Waals surface area contributed by atoms with Gasteiger partial charge in [0, 0.05) is 13.0 Å². The highest BCUT2D eigenvalue weighted by molar-refractivity contribution is 6.71. The van der Waals surface area contributed by atoms with Crippen LogP contribution in [0, 0.1) is 0 Å². The molecule has 0 bridgehead atoms. The van der Waals surface area contributed by atoms with E-state index in [9.17, 15) is 22.0 Å². The molecule has 7 heteroatoms. The lowest BCUT2D eigenvalue weighted by Gasteiger charge is -2.25. The quantitative estimate of drug-likeness (QED) is 0.532. The SMILES string of the molecule is CCO[Si](C)(C)CCC(F)(F)C(F)(F)F. The van der Waals surface area contributed by atoms with E-state index in [1.807, 2.05) is 0 Å². The van der Waals surface area contributed by atoms with Crippen LogP contribution in [-0.4, -0.2) is 27.0 Å². The van der Waals surface area contributed by atoms with Gasteiger partial charge in [-0.15, -0.1) is 0 Å². The Hall–Kier alpha value is -0.173. The largest absolute Gasteiger partial charge is 0.453 e. The summed E-state index contributed by atoms with van der Waals surface area (Å²) in [5, 5.41) is 0. The maximum Gasteiger partial charge on any atom is 0.453 e. The van der Waals surface area contributed by atoms with Gasteiger partial charge in [-0.05, 0) is 26.1 Å². The summed E-state index contributed by atoms with van der Waals surface area (Å²) >= 11 is 0. The maximum atomic E-state index is 12.5. The van der Waals surface area contributed by atoms with E-state index >= 15 is 0 Å². The van der Waals surface area contributed by atoms with Crippen LogP contribution < -0.4 is 0 Å². The second-order valence-electron chi connectivity index (χ2n) is 3.89. The van der Waals surface area contributed by atoms with Crippen molar-refractivity contribution in [2.45, 2.75) is 44.6 Å². The highest BCUT2D eigenvalue weighted by Crippen LogP contribution is 2.40. The standard InChI is InChI=1S/C8H15F5OSi/c1-4-14-15(2,3)6-5-7(9,10)8(11,12)13/h4-6H2,1-3H3. The van der Waals surface area contributed by atoms with E-state index < -0.39 is 26.8 Å². The fraction of sp³-hybridized carbons (Fsp3) is 1.00. The third kappa shape index (κ3) is 4.92. The molecule has 0 atom stereocenters. The van der Waals surface area contributed by atoms with Crippen molar-refractivity contribution in [3.05, 3.63) is 0 Å². The smallest absolute Gasteiger partial charge is 0.418 e. The Balaban J connectivity index is 4.26. The van der Waals surface area contributed by atoms with Gasteiger partial charge in [0.05, 0.1) is 0 Å². The molecule has 0 unspecified atom stereocenters. The van der Waals surface area contributed by atoms with E-state index in [4.69, 9.17) is 4.43 Å². The molecule has 0 heterocycles. The lowest BCUT2D eigenvalue weighted by Crippen LogP contribution is -2.40. The van der Waals surface area contributed by atoms with E-state index in [0.717, 1.165) is 0 Å². The van der Waals surface area contributed by atoms with E-state index in [2.05, 4.69) is 0 Å². The Labute approximate surface area is 86.7 Å². The van der Waals surface area contributed by atoms with E-state index in [1.54, 1.807) is 20.0 Å². The molecule has 0 rings (SSSR count). The van der Waals surface area contributed by atoms with Crippen LogP contribution in [0.15, 0.2) is 0 Å². The van der Waals surface area contributed by atoms with Crippen LogP contribution in [-0.2, 0) is 4.43 Å². The molecule has 0 aromatic rings. The Morgan fingerprint density at radius 1 is 1.07 bits per heavy atom. The summed E-state index contributed by atoms with van der Waals surface area (Å²) in [6.07, 6.45) is -6.64. The first kappa shape index (κ1) is 14.8. The minimum Gasteiger partial charge on any atom is -0.418 e. The minimum atomic E-state index is -5.45. The topological polar surface area (TPSA) is 9.23 Å².